The Kier molecular flexibility index (Phi) is 2.34. The van der Waals surface area contributed by atoms with E-state index >= 15 is 0 Å². The van der Waals surface area contributed by atoms with Gasteiger partial charge in [0, 0.05) is 12.3 Å². The average Bonchev–Trinajstić information content (AvgIpc) is 2.39. The normalized spacial score (nSPS) is 13.8. The molecule has 0 unspecified atom stereocenters. The third-order valence-corrected chi connectivity index (χ3v) is 2.58. The van der Waals surface area contributed by atoms with Gasteiger partial charge in [0.15, 0.2) is 0 Å². The molecule has 0 amide bonds. The van der Waals surface area contributed by atoms with Gasteiger partial charge in [0.2, 0.25) is 0 Å². The van der Waals surface area contributed by atoms with Gasteiger partial charge in [-0.15, -0.1) is 0 Å². The molecule has 0 N–H and O–H groups in total. The SMILES string of the molecule is CC(C)(C)c1ccc2c(c1)C=CN=C=C2. The van der Waals surface area contributed by atoms with E-state index < -0.39 is 0 Å². The van der Waals surface area contributed by atoms with Crippen LogP contribution in [0.3, 0.4) is 0 Å². The van der Waals surface area contributed by atoms with Crippen LogP contribution < -0.4 is 0 Å². The molecular formula is C14H15N. The highest BCUT2D eigenvalue weighted by Crippen LogP contribution is 2.26. The monoisotopic (exact) mass is 197 g/mol. The molecule has 15 heavy (non-hydrogen) atoms. The maximum atomic E-state index is 3.99. The first-order valence-electron chi connectivity index (χ1n) is 5.17. The van der Waals surface area contributed by atoms with Crippen LogP contribution in [0, 0.1) is 0 Å². The third-order valence-electron chi connectivity index (χ3n) is 2.58. The van der Waals surface area contributed by atoms with E-state index in [1.165, 1.54) is 16.7 Å². The van der Waals surface area contributed by atoms with Gasteiger partial charge in [0.05, 0.1) is 0 Å². The number of aliphatic imine (C=N–C) groups is 1. The molecule has 1 heterocycles. The number of nitrogens with zero attached hydrogens (tertiary/aromatic N) is 1. The van der Waals surface area contributed by atoms with E-state index in [0.717, 1.165) is 0 Å². The summed E-state index contributed by atoms with van der Waals surface area (Å²) in [6.45, 7) is 6.67. The maximum absolute atomic E-state index is 3.99. The second-order valence-corrected chi connectivity index (χ2v) is 4.81. The van der Waals surface area contributed by atoms with Crippen molar-refractivity contribution in [2.24, 2.45) is 4.99 Å². The molecule has 1 nitrogen and oxygen atoms in total. The lowest BCUT2D eigenvalue weighted by atomic mass is 9.85. The molecule has 76 valence electrons. The molecule has 0 aliphatic carbocycles. The van der Waals surface area contributed by atoms with Crippen molar-refractivity contribution in [1.29, 1.82) is 0 Å². The largest absolute Gasteiger partial charge is 0.214 e. The Bertz CT molecular complexity index is 467. The number of rotatable bonds is 0. The molecule has 0 fully saturated rings. The maximum Gasteiger partial charge on any atom is 0.0374 e. The van der Waals surface area contributed by atoms with Gasteiger partial charge in [0.25, 0.3) is 0 Å². The molecule has 1 aliphatic rings. The Morgan fingerprint density at radius 2 is 1.93 bits per heavy atom. The van der Waals surface area contributed by atoms with E-state index in [2.05, 4.69) is 49.8 Å². The zero-order valence-corrected chi connectivity index (χ0v) is 9.41. The zero-order chi connectivity index (χ0) is 10.9. The van der Waals surface area contributed by atoms with Crippen LogP contribution in [0.4, 0.5) is 0 Å². The van der Waals surface area contributed by atoms with E-state index in [4.69, 9.17) is 0 Å². The fourth-order valence-electron chi connectivity index (χ4n) is 1.58. The highest BCUT2D eigenvalue weighted by Gasteiger charge is 2.14. The molecule has 0 atom stereocenters. The van der Waals surface area contributed by atoms with Crippen molar-refractivity contribution in [2.45, 2.75) is 26.2 Å². The zero-order valence-electron chi connectivity index (χ0n) is 9.41. The Hall–Kier alpha value is -1.59. The van der Waals surface area contributed by atoms with Crippen LogP contribution >= 0.6 is 0 Å². The van der Waals surface area contributed by atoms with Crippen molar-refractivity contribution >= 4 is 18.0 Å². The van der Waals surface area contributed by atoms with Crippen molar-refractivity contribution < 1.29 is 0 Å². The van der Waals surface area contributed by atoms with Crippen LogP contribution in [-0.2, 0) is 5.41 Å². The molecule has 1 aromatic carbocycles. The van der Waals surface area contributed by atoms with Crippen LogP contribution in [0.1, 0.15) is 37.5 Å². The molecule has 1 aromatic rings. The topological polar surface area (TPSA) is 12.4 Å². The number of hydrogen-bond acceptors (Lipinski definition) is 1. The Morgan fingerprint density at radius 3 is 2.67 bits per heavy atom. The summed E-state index contributed by atoms with van der Waals surface area (Å²) in [7, 11) is 0. The van der Waals surface area contributed by atoms with Crippen molar-refractivity contribution in [1.82, 2.24) is 0 Å². The molecule has 0 radical (unpaired) electrons. The summed E-state index contributed by atoms with van der Waals surface area (Å²) in [6, 6.07) is 6.54. The molecule has 0 aromatic heterocycles. The Balaban J connectivity index is 2.54. The summed E-state index contributed by atoms with van der Waals surface area (Å²) in [6.07, 6.45) is 5.73. The van der Waals surface area contributed by atoms with Crippen LogP contribution in [-0.4, -0.2) is 5.87 Å². The fraction of sp³-hybridized carbons (Fsp3) is 0.286. The first kappa shape index (κ1) is 9.95. The van der Waals surface area contributed by atoms with Crippen molar-refractivity contribution in [3.63, 3.8) is 0 Å². The molecular weight excluding hydrogens is 182 g/mol. The minimum Gasteiger partial charge on any atom is -0.214 e. The molecule has 2 rings (SSSR count). The summed E-state index contributed by atoms with van der Waals surface area (Å²) >= 11 is 0. The lowest BCUT2D eigenvalue weighted by Gasteiger charge is -2.20. The summed E-state index contributed by atoms with van der Waals surface area (Å²) in [5, 5.41) is 0. The number of benzene rings is 1. The van der Waals surface area contributed by atoms with Gasteiger partial charge in [0.1, 0.15) is 0 Å². The Morgan fingerprint density at radius 1 is 1.13 bits per heavy atom. The van der Waals surface area contributed by atoms with Gasteiger partial charge in [-0.2, -0.15) is 0 Å². The predicted molar refractivity (Wildman–Crippen MR) is 66.1 cm³/mol. The van der Waals surface area contributed by atoms with E-state index in [9.17, 15) is 0 Å². The fourth-order valence-corrected chi connectivity index (χ4v) is 1.58. The van der Waals surface area contributed by atoms with E-state index in [0.29, 0.717) is 0 Å². The van der Waals surface area contributed by atoms with E-state index in [1.807, 2.05) is 12.2 Å². The lowest BCUT2D eigenvalue weighted by molar-refractivity contribution is 0.590. The first-order chi connectivity index (χ1) is 7.07. The van der Waals surface area contributed by atoms with Crippen LogP contribution in [0.2, 0.25) is 0 Å². The highest BCUT2D eigenvalue weighted by atomic mass is 14.6. The smallest absolute Gasteiger partial charge is 0.0374 e. The second-order valence-electron chi connectivity index (χ2n) is 4.81. The van der Waals surface area contributed by atoms with Gasteiger partial charge >= 0.3 is 0 Å². The summed E-state index contributed by atoms with van der Waals surface area (Å²) in [5.74, 6) is 2.87. The first-order valence-corrected chi connectivity index (χ1v) is 5.17. The van der Waals surface area contributed by atoms with Crippen LogP contribution in [0.25, 0.3) is 12.2 Å². The van der Waals surface area contributed by atoms with Crippen molar-refractivity contribution in [3.8, 4) is 0 Å². The number of hydrogen-bond donors (Lipinski definition) is 0. The van der Waals surface area contributed by atoms with Gasteiger partial charge in [-0.1, -0.05) is 39.0 Å². The van der Waals surface area contributed by atoms with Gasteiger partial charge in [-0.25, -0.2) is 4.99 Å². The molecule has 0 saturated heterocycles. The van der Waals surface area contributed by atoms with Gasteiger partial charge in [-0.05, 0) is 34.1 Å². The van der Waals surface area contributed by atoms with Crippen LogP contribution in [0.15, 0.2) is 29.4 Å². The number of fused-ring (bicyclic) bond motifs is 1. The van der Waals surface area contributed by atoms with Crippen molar-refractivity contribution in [2.75, 3.05) is 0 Å². The minimum absolute atomic E-state index is 0.194. The summed E-state index contributed by atoms with van der Waals surface area (Å²) in [5.41, 5.74) is 3.94. The lowest BCUT2D eigenvalue weighted by Crippen LogP contribution is -2.11. The van der Waals surface area contributed by atoms with E-state index in [-0.39, 0.29) is 5.41 Å². The summed E-state index contributed by atoms with van der Waals surface area (Å²) in [4.78, 5) is 3.99. The van der Waals surface area contributed by atoms with Gasteiger partial charge < -0.3 is 0 Å². The minimum atomic E-state index is 0.194. The van der Waals surface area contributed by atoms with E-state index in [1.54, 1.807) is 6.20 Å². The predicted octanol–water partition coefficient (Wildman–Crippen LogP) is 3.65. The van der Waals surface area contributed by atoms with Crippen LogP contribution in [0.5, 0.6) is 0 Å². The second kappa shape index (κ2) is 3.52. The molecule has 0 bridgehead atoms. The summed E-state index contributed by atoms with van der Waals surface area (Å²) < 4.78 is 0. The molecule has 1 heteroatoms. The highest BCUT2D eigenvalue weighted by molar-refractivity contribution is 5.84. The Labute approximate surface area is 90.9 Å². The molecule has 0 saturated carbocycles. The van der Waals surface area contributed by atoms with Crippen molar-refractivity contribution in [3.05, 3.63) is 41.1 Å². The molecule has 1 aliphatic heterocycles. The average molecular weight is 197 g/mol. The van der Waals surface area contributed by atoms with Gasteiger partial charge in [-0.3, -0.25) is 0 Å². The quantitative estimate of drug-likeness (QED) is 0.602. The standard InChI is InChI=1S/C14H15N/c1-14(2,3)13-5-4-11-6-8-15-9-7-12(11)10-13/h4-7,9-10H,1-3H3. The third kappa shape index (κ3) is 2.08. The molecule has 0 spiro atoms.